The summed E-state index contributed by atoms with van der Waals surface area (Å²) >= 11 is 6.61. The van der Waals surface area contributed by atoms with E-state index in [4.69, 9.17) is 0 Å². The molecule has 0 saturated carbocycles. The van der Waals surface area contributed by atoms with Crippen LogP contribution in [0.5, 0.6) is 0 Å². The minimum Gasteiger partial charge on any atom is -0.251 e. The van der Waals surface area contributed by atoms with Crippen molar-refractivity contribution in [1.29, 1.82) is 0 Å². The van der Waals surface area contributed by atoms with E-state index in [-0.39, 0.29) is 5.75 Å². The largest absolute Gasteiger partial charge is 0.251 e. The van der Waals surface area contributed by atoms with Crippen LogP contribution in [0, 0.1) is 0 Å². The lowest BCUT2D eigenvalue weighted by atomic mass is 10.4. The van der Waals surface area contributed by atoms with Crippen LogP contribution < -0.4 is 0 Å². The number of hydrogen-bond acceptors (Lipinski definition) is 4. The van der Waals surface area contributed by atoms with Crippen molar-refractivity contribution in [3.8, 4) is 0 Å². The fourth-order valence-electron chi connectivity index (χ4n) is 1.63. The van der Waals surface area contributed by atoms with Gasteiger partial charge >= 0.3 is 0 Å². The van der Waals surface area contributed by atoms with E-state index < -0.39 is 9.84 Å². The first-order valence-corrected chi connectivity index (χ1v) is 9.51. The van der Waals surface area contributed by atoms with Crippen molar-refractivity contribution in [2.24, 2.45) is 0 Å². The highest BCUT2D eigenvalue weighted by molar-refractivity contribution is 9.10. The molecule has 108 valence electrons. The molecule has 0 radical (unpaired) electrons. The number of alkyl halides is 1. The smallest absolute Gasteiger partial charge is 0.180 e. The van der Waals surface area contributed by atoms with E-state index in [1.54, 1.807) is 35.1 Å². The molecule has 2 aromatic rings. The van der Waals surface area contributed by atoms with Crippen LogP contribution in [-0.2, 0) is 22.8 Å². The minimum absolute atomic E-state index is 0.00570. The van der Waals surface area contributed by atoms with Crippen LogP contribution in [0.15, 0.2) is 39.8 Å². The summed E-state index contributed by atoms with van der Waals surface area (Å²) in [5.74, 6) is 0.00570. The Labute approximate surface area is 134 Å². The number of sulfone groups is 1. The summed E-state index contributed by atoms with van der Waals surface area (Å²) in [7, 11) is -3.30. The first-order valence-electron chi connectivity index (χ1n) is 5.94. The average molecular weight is 423 g/mol. The number of nitrogens with zero attached hydrogens (tertiary/aromatic N) is 3. The molecular formula is C12H13Br2N3O2S. The Kier molecular flexibility index (Phi) is 5.34. The van der Waals surface area contributed by atoms with Crippen LogP contribution in [0.3, 0.4) is 0 Å². The molecular weight excluding hydrogens is 410 g/mol. The molecule has 0 unspecified atom stereocenters. The summed E-state index contributed by atoms with van der Waals surface area (Å²) in [6, 6.07) is 6.63. The topological polar surface area (TPSA) is 64.8 Å². The Balaban J connectivity index is 2.03. The van der Waals surface area contributed by atoms with E-state index in [1.807, 2.05) is 0 Å². The van der Waals surface area contributed by atoms with Crippen molar-refractivity contribution in [2.45, 2.75) is 17.9 Å². The summed E-state index contributed by atoms with van der Waals surface area (Å²) < 4.78 is 26.7. The molecule has 5 nitrogen and oxygen atoms in total. The minimum atomic E-state index is -3.30. The van der Waals surface area contributed by atoms with Gasteiger partial charge in [0.05, 0.1) is 22.9 Å². The lowest BCUT2D eigenvalue weighted by molar-refractivity contribution is 0.575. The van der Waals surface area contributed by atoms with Crippen LogP contribution in [-0.4, -0.2) is 34.5 Å². The van der Waals surface area contributed by atoms with E-state index in [0.717, 1.165) is 21.9 Å². The van der Waals surface area contributed by atoms with Gasteiger partial charge in [-0.3, -0.25) is 4.68 Å². The summed E-state index contributed by atoms with van der Waals surface area (Å²) in [4.78, 5) is 0.321. The summed E-state index contributed by atoms with van der Waals surface area (Å²) in [5.41, 5.74) is 0.850. The van der Waals surface area contributed by atoms with Crippen molar-refractivity contribution in [2.75, 3.05) is 11.1 Å². The number of halogens is 2. The maximum atomic E-state index is 12.2. The molecule has 1 aromatic carbocycles. The third-order valence-electron chi connectivity index (χ3n) is 2.70. The second-order valence-electron chi connectivity index (χ2n) is 4.18. The standard InChI is InChI=1S/C12H13Br2N3O2S/c13-6-5-11-9-17(16-15-11)7-8-20(18,19)12-3-1-10(14)2-4-12/h1-4,9H,5-8H2. The van der Waals surface area contributed by atoms with Gasteiger partial charge in [0.25, 0.3) is 0 Å². The summed E-state index contributed by atoms with van der Waals surface area (Å²) in [6.45, 7) is 0.299. The Bertz CT molecular complexity index is 668. The van der Waals surface area contributed by atoms with Gasteiger partial charge in [0, 0.05) is 22.4 Å². The zero-order chi connectivity index (χ0) is 14.6. The SMILES string of the molecule is O=S(=O)(CCn1cc(CCBr)nn1)c1ccc(Br)cc1. The second kappa shape index (κ2) is 6.82. The molecule has 0 fully saturated rings. The third-order valence-corrected chi connectivity index (χ3v) is 5.33. The van der Waals surface area contributed by atoms with Crippen molar-refractivity contribution < 1.29 is 8.42 Å². The number of aromatic nitrogens is 3. The van der Waals surface area contributed by atoms with Gasteiger partial charge in [-0.25, -0.2) is 8.42 Å². The molecule has 2 rings (SSSR count). The van der Waals surface area contributed by atoms with Crippen LogP contribution in [0.2, 0.25) is 0 Å². The third kappa shape index (κ3) is 4.13. The first kappa shape index (κ1) is 15.7. The maximum Gasteiger partial charge on any atom is 0.180 e. The Hall–Kier alpha value is -0.730. The maximum absolute atomic E-state index is 12.2. The van der Waals surface area contributed by atoms with Crippen LogP contribution >= 0.6 is 31.9 Å². The van der Waals surface area contributed by atoms with Crippen molar-refractivity contribution in [1.82, 2.24) is 15.0 Å². The van der Waals surface area contributed by atoms with Gasteiger partial charge in [-0.2, -0.15) is 0 Å². The number of hydrogen-bond donors (Lipinski definition) is 0. The van der Waals surface area contributed by atoms with Crippen molar-refractivity contribution >= 4 is 41.7 Å². The highest BCUT2D eigenvalue weighted by atomic mass is 79.9. The highest BCUT2D eigenvalue weighted by Gasteiger charge is 2.14. The normalized spacial score (nSPS) is 11.7. The van der Waals surface area contributed by atoms with E-state index in [9.17, 15) is 8.42 Å². The number of benzene rings is 1. The van der Waals surface area contributed by atoms with Crippen molar-refractivity contribution in [3.63, 3.8) is 0 Å². The van der Waals surface area contributed by atoms with Crippen LogP contribution in [0.4, 0.5) is 0 Å². The van der Waals surface area contributed by atoms with Gasteiger partial charge in [0.1, 0.15) is 0 Å². The van der Waals surface area contributed by atoms with Crippen LogP contribution in [0.25, 0.3) is 0 Å². The molecule has 1 aromatic heterocycles. The lowest BCUT2D eigenvalue weighted by Gasteiger charge is -2.04. The molecule has 0 spiro atoms. The van der Waals surface area contributed by atoms with Gasteiger partial charge in [-0.05, 0) is 24.3 Å². The predicted molar refractivity (Wildman–Crippen MR) is 83.7 cm³/mol. The van der Waals surface area contributed by atoms with E-state index in [2.05, 4.69) is 42.2 Å². The van der Waals surface area contributed by atoms with Gasteiger partial charge in [-0.1, -0.05) is 37.1 Å². The molecule has 1 heterocycles. The monoisotopic (exact) mass is 421 g/mol. The highest BCUT2D eigenvalue weighted by Crippen LogP contribution is 2.16. The molecule has 0 N–H and O–H groups in total. The summed E-state index contributed by atoms with van der Waals surface area (Å²) in [6.07, 6.45) is 2.55. The quantitative estimate of drug-likeness (QED) is 0.670. The predicted octanol–water partition coefficient (Wildman–Crippen LogP) is 2.45. The van der Waals surface area contributed by atoms with E-state index in [0.29, 0.717) is 11.4 Å². The van der Waals surface area contributed by atoms with E-state index >= 15 is 0 Å². The molecule has 8 heteroatoms. The van der Waals surface area contributed by atoms with Gasteiger partial charge in [0.15, 0.2) is 9.84 Å². The molecule has 20 heavy (non-hydrogen) atoms. The Morgan fingerprint density at radius 2 is 1.90 bits per heavy atom. The van der Waals surface area contributed by atoms with Crippen molar-refractivity contribution in [3.05, 3.63) is 40.6 Å². The lowest BCUT2D eigenvalue weighted by Crippen LogP contribution is -2.13. The van der Waals surface area contributed by atoms with E-state index in [1.165, 1.54) is 0 Å². The van der Waals surface area contributed by atoms with Gasteiger partial charge < -0.3 is 0 Å². The Morgan fingerprint density at radius 1 is 1.20 bits per heavy atom. The molecule has 0 aliphatic rings. The molecule has 0 aliphatic carbocycles. The molecule has 0 bridgehead atoms. The zero-order valence-corrected chi connectivity index (χ0v) is 14.5. The van der Waals surface area contributed by atoms with Crippen LogP contribution in [0.1, 0.15) is 5.69 Å². The van der Waals surface area contributed by atoms with Gasteiger partial charge in [-0.15, -0.1) is 5.10 Å². The molecule has 0 aliphatic heterocycles. The second-order valence-corrected chi connectivity index (χ2v) is 8.00. The molecule has 0 amide bonds. The zero-order valence-electron chi connectivity index (χ0n) is 10.5. The average Bonchev–Trinajstić information content (AvgIpc) is 2.85. The molecule has 0 saturated heterocycles. The summed E-state index contributed by atoms with van der Waals surface area (Å²) in [5, 5.41) is 8.70. The Morgan fingerprint density at radius 3 is 2.55 bits per heavy atom. The fourth-order valence-corrected chi connectivity index (χ4v) is 3.52. The van der Waals surface area contributed by atoms with Gasteiger partial charge in [0.2, 0.25) is 0 Å². The number of aryl methyl sites for hydroxylation is 2. The fraction of sp³-hybridized carbons (Fsp3) is 0.333. The first-order chi connectivity index (χ1) is 9.51. The molecule has 0 atom stereocenters. The number of rotatable bonds is 6.